The van der Waals surface area contributed by atoms with E-state index in [0.29, 0.717) is 42.5 Å². The number of hydrogen-bond acceptors (Lipinski definition) is 11. The molecule has 7 atom stereocenters. The Bertz CT molecular complexity index is 2130. The molecular formula is C43H56N4O10S. The van der Waals surface area contributed by atoms with Gasteiger partial charge in [-0.1, -0.05) is 37.8 Å². The molecule has 6 aliphatic rings. The number of fused-ring (bicyclic) bond motifs is 5. The van der Waals surface area contributed by atoms with Crippen LogP contribution in [0.4, 0.5) is 0 Å². The standard InChI is InChI=1S/C43H56N4O10S/c1-3-28-23-43(28,41(52)45-58(53,54)30-18-19-30)24-34(48)33-21-29-25-47(33)39(50)31(26-11-6-7-12-26)22-37(49)57-35-16-9-14-27(35)13-5-4-8-20-46-40(51)38-32(44-42(46)56-29)15-10-17-36(38)55-2/h3,10,15,17,26-31,33,35H,1,4-9,11-14,16,18-25H2,2H3,(H,45,52)/t27-,28+,29-,31+,33+,35-,43-/m1/s1. The molecule has 2 bridgehead atoms. The van der Waals surface area contributed by atoms with E-state index in [4.69, 9.17) is 19.2 Å². The van der Waals surface area contributed by atoms with E-state index in [1.807, 2.05) is 0 Å². The Balaban J connectivity index is 1.15. The van der Waals surface area contributed by atoms with Crippen molar-refractivity contribution in [2.75, 3.05) is 13.7 Å². The Labute approximate surface area is 339 Å². The second kappa shape index (κ2) is 16.4. The maximum Gasteiger partial charge on any atom is 0.306 e. The second-order valence-corrected chi connectivity index (χ2v) is 19.6. The van der Waals surface area contributed by atoms with Crippen molar-refractivity contribution in [3.63, 3.8) is 0 Å². The first kappa shape index (κ1) is 40.5. The molecule has 1 saturated heterocycles. The van der Waals surface area contributed by atoms with Crippen LogP contribution in [0, 0.1) is 29.1 Å². The monoisotopic (exact) mass is 820 g/mol. The summed E-state index contributed by atoms with van der Waals surface area (Å²) >= 11 is 0. The van der Waals surface area contributed by atoms with Crippen LogP contribution in [-0.2, 0) is 40.5 Å². The van der Waals surface area contributed by atoms with Crippen molar-refractivity contribution in [3.05, 3.63) is 41.2 Å². The first-order valence-corrected chi connectivity index (χ1v) is 22.9. The lowest BCUT2D eigenvalue weighted by Gasteiger charge is -2.31. The van der Waals surface area contributed by atoms with Crippen LogP contribution in [0.25, 0.3) is 10.9 Å². The van der Waals surface area contributed by atoms with Gasteiger partial charge in [0.25, 0.3) is 11.6 Å². The van der Waals surface area contributed by atoms with Crippen LogP contribution in [0.2, 0.25) is 0 Å². The lowest BCUT2D eigenvalue weighted by Crippen LogP contribution is -2.47. The number of allylic oxidation sites excluding steroid dienone is 1. The molecule has 14 nitrogen and oxygen atoms in total. The zero-order chi connectivity index (χ0) is 40.8. The molecule has 314 valence electrons. The molecular weight excluding hydrogens is 765 g/mol. The largest absolute Gasteiger partial charge is 0.496 e. The number of nitrogens with one attached hydrogen (secondary N) is 1. The summed E-state index contributed by atoms with van der Waals surface area (Å²) in [6.07, 6.45) is 10.9. The summed E-state index contributed by atoms with van der Waals surface area (Å²) in [4.78, 5) is 77.6. The minimum Gasteiger partial charge on any atom is -0.496 e. The molecule has 1 aromatic heterocycles. The third-order valence-corrected chi connectivity index (χ3v) is 15.7. The second-order valence-electron chi connectivity index (χ2n) is 17.6. The van der Waals surface area contributed by atoms with Gasteiger partial charge >= 0.3 is 5.97 Å². The van der Waals surface area contributed by atoms with Crippen LogP contribution < -0.4 is 19.8 Å². The maximum atomic E-state index is 15.0. The van der Waals surface area contributed by atoms with Crippen molar-refractivity contribution < 1.29 is 41.8 Å². The highest BCUT2D eigenvalue weighted by Gasteiger charge is 2.61. The minimum atomic E-state index is -3.88. The van der Waals surface area contributed by atoms with Crippen molar-refractivity contribution in [2.45, 2.75) is 139 Å². The van der Waals surface area contributed by atoms with Crippen LogP contribution in [-0.4, -0.2) is 83.6 Å². The van der Waals surface area contributed by atoms with Crippen molar-refractivity contribution in [3.8, 4) is 11.8 Å². The van der Waals surface area contributed by atoms with Crippen LogP contribution in [0.5, 0.6) is 11.8 Å². The Morgan fingerprint density at radius 1 is 0.983 bits per heavy atom. The summed E-state index contributed by atoms with van der Waals surface area (Å²) in [5, 5.41) is -0.287. The molecule has 58 heavy (non-hydrogen) atoms. The predicted octanol–water partition coefficient (Wildman–Crippen LogP) is 5.00. The Hall–Kier alpha value is -4.27. The number of benzene rings is 1. The number of ether oxygens (including phenoxy) is 3. The maximum absolute atomic E-state index is 15.0. The first-order valence-electron chi connectivity index (χ1n) is 21.4. The predicted molar refractivity (Wildman–Crippen MR) is 213 cm³/mol. The summed E-state index contributed by atoms with van der Waals surface area (Å²) < 4.78 is 47.8. The zero-order valence-corrected chi connectivity index (χ0v) is 34.2. The lowest BCUT2D eigenvalue weighted by atomic mass is 9.86. The van der Waals surface area contributed by atoms with Gasteiger partial charge in [-0.15, -0.1) is 6.58 Å². The molecule has 0 radical (unpaired) electrons. The molecule has 2 aromatic rings. The first-order chi connectivity index (χ1) is 27.9. The molecule has 15 heteroatoms. The number of methoxy groups -OCH3 is 1. The highest BCUT2D eigenvalue weighted by molar-refractivity contribution is 7.90. The molecule has 4 aliphatic carbocycles. The average Bonchev–Trinajstić information content (AvgIpc) is 3.99. The van der Waals surface area contributed by atoms with E-state index >= 15 is 0 Å². The van der Waals surface area contributed by atoms with Gasteiger partial charge in [0.2, 0.25) is 21.8 Å². The normalized spacial score (nSPS) is 31.0. The van der Waals surface area contributed by atoms with E-state index in [0.717, 1.165) is 64.2 Å². The van der Waals surface area contributed by atoms with E-state index in [1.54, 1.807) is 24.3 Å². The molecule has 0 spiro atoms. The fourth-order valence-corrected chi connectivity index (χ4v) is 11.7. The van der Waals surface area contributed by atoms with Crippen LogP contribution >= 0.6 is 0 Å². The van der Waals surface area contributed by atoms with Crippen molar-refractivity contribution in [1.82, 2.24) is 19.2 Å². The van der Waals surface area contributed by atoms with E-state index in [2.05, 4.69) is 11.3 Å². The summed E-state index contributed by atoms with van der Waals surface area (Å²) in [5.41, 5.74) is -1.23. The molecule has 0 unspecified atom stereocenters. The highest BCUT2D eigenvalue weighted by atomic mass is 32.2. The smallest absolute Gasteiger partial charge is 0.306 e. The van der Waals surface area contributed by atoms with Crippen molar-refractivity contribution >= 4 is 44.5 Å². The van der Waals surface area contributed by atoms with E-state index < -0.39 is 62.3 Å². The van der Waals surface area contributed by atoms with Gasteiger partial charge in [0.05, 0.1) is 48.2 Å². The van der Waals surface area contributed by atoms with Crippen LogP contribution in [0.1, 0.15) is 109 Å². The third kappa shape index (κ3) is 8.03. The van der Waals surface area contributed by atoms with Gasteiger partial charge in [-0.3, -0.25) is 33.3 Å². The molecule has 1 N–H and O–H groups in total. The number of aromatic nitrogens is 2. The van der Waals surface area contributed by atoms with Gasteiger partial charge in [0.1, 0.15) is 23.3 Å². The van der Waals surface area contributed by atoms with Crippen LogP contribution in [0.3, 0.4) is 0 Å². The van der Waals surface area contributed by atoms with Gasteiger partial charge in [-0.25, -0.2) is 8.42 Å². The van der Waals surface area contributed by atoms with E-state index in [9.17, 15) is 32.4 Å². The van der Waals surface area contributed by atoms with E-state index in [-0.39, 0.29) is 67.6 Å². The average molecular weight is 821 g/mol. The number of sulfonamides is 1. The number of esters is 1. The zero-order valence-electron chi connectivity index (χ0n) is 33.4. The van der Waals surface area contributed by atoms with Gasteiger partial charge in [0.15, 0.2) is 5.78 Å². The summed E-state index contributed by atoms with van der Waals surface area (Å²) in [6.45, 7) is 4.16. The number of Topliss-reactive ketones (excluding diaryl/α,β-unsaturated/α-hetero) is 1. The van der Waals surface area contributed by atoms with Gasteiger partial charge in [-0.05, 0) is 94.1 Å². The molecule has 5 fully saturated rings. The lowest BCUT2D eigenvalue weighted by molar-refractivity contribution is -0.156. The number of carbonyl (C=O) groups is 4. The number of ketones is 1. The minimum absolute atomic E-state index is 0.00956. The summed E-state index contributed by atoms with van der Waals surface area (Å²) in [7, 11) is -2.37. The molecule has 2 aliphatic heterocycles. The Morgan fingerprint density at radius 2 is 1.72 bits per heavy atom. The third-order valence-electron chi connectivity index (χ3n) is 13.9. The number of hydrogen-bond donors (Lipinski definition) is 1. The van der Waals surface area contributed by atoms with Gasteiger partial charge < -0.3 is 19.1 Å². The highest BCUT2D eigenvalue weighted by Crippen LogP contribution is 2.57. The number of amides is 2. The molecule has 8 rings (SSSR count). The Morgan fingerprint density at radius 3 is 2.45 bits per heavy atom. The summed E-state index contributed by atoms with van der Waals surface area (Å²) in [5.74, 6) is -2.43. The molecule has 4 saturated carbocycles. The van der Waals surface area contributed by atoms with Crippen molar-refractivity contribution in [2.24, 2.45) is 29.1 Å². The fourth-order valence-electron chi connectivity index (χ4n) is 10.3. The SMILES string of the molecule is C=C[C@H]1C[C@]1(CC(=O)[C@@H]1C[C@@H]2CN1C(=O)[C@H](C1CCCC1)CC(=O)O[C@@H]1CCC[C@H]1CCCCCn1c(nc3cccc(OC)c3c1=O)O2)C(=O)NS(=O)(=O)C1CC1. The van der Waals surface area contributed by atoms with Crippen LogP contribution in [0.15, 0.2) is 35.6 Å². The topological polar surface area (TPSA) is 180 Å². The Kier molecular flexibility index (Phi) is 11.5. The number of carbonyl (C=O) groups excluding carboxylic acids is 4. The van der Waals surface area contributed by atoms with E-state index in [1.165, 1.54) is 16.6 Å². The fraction of sp³-hybridized carbons (Fsp3) is 0.674. The quantitative estimate of drug-likeness (QED) is 0.266. The van der Waals surface area contributed by atoms with Gasteiger partial charge in [-0.2, -0.15) is 4.98 Å². The number of rotatable bonds is 9. The molecule has 3 heterocycles. The van der Waals surface area contributed by atoms with Crippen molar-refractivity contribution in [1.29, 1.82) is 0 Å². The number of nitrogens with zero attached hydrogens (tertiary/aromatic N) is 3. The van der Waals surface area contributed by atoms with Gasteiger partial charge in [0, 0.05) is 19.4 Å². The molecule has 2 amide bonds. The summed E-state index contributed by atoms with van der Waals surface area (Å²) in [6, 6.07) is 4.23. The molecule has 1 aromatic carbocycles.